The van der Waals surface area contributed by atoms with Gasteiger partial charge in [0.1, 0.15) is 0 Å². The zero-order valence-electron chi connectivity index (χ0n) is 15.4. The monoisotopic (exact) mass is 357 g/mol. The largest absolute Gasteiger partial charge is 0.476 e. The highest BCUT2D eigenvalue weighted by Gasteiger charge is 2.21. The van der Waals surface area contributed by atoms with Crippen LogP contribution in [0.25, 0.3) is 5.52 Å². The fourth-order valence-electron chi connectivity index (χ4n) is 4.10. The Balaban J connectivity index is 1.61. The fraction of sp³-hybridized carbons (Fsp3) is 0.550. The summed E-state index contributed by atoms with van der Waals surface area (Å²) >= 11 is 0. The smallest absolute Gasteiger partial charge is 0.356 e. The summed E-state index contributed by atoms with van der Waals surface area (Å²) in [5.74, 6) is 0.723. The Bertz CT molecular complexity index is 799. The number of carboxylic acids is 1. The van der Waals surface area contributed by atoms with E-state index in [4.69, 9.17) is 5.11 Å². The van der Waals surface area contributed by atoms with E-state index in [1.165, 1.54) is 36.3 Å². The van der Waals surface area contributed by atoms with E-state index in [0.717, 1.165) is 18.3 Å². The Morgan fingerprint density at radius 2 is 2.23 bits per heavy atom. The second-order valence-electron chi connectivity index (χ2n) is 7.78. The minimum Gasteiger partial charge on any atom is -0.476 e. The Morgan fingerprint density at radius 1 is 1.42 bits per heavy atom. The highest BCUT2D eigenvalue weighted by atomic mass is 16.4. The van der Waals surface area contributed by atoms with Crippen LogP contribution in [0.5, 0.6) is 0 Å². The highest BCUT2D eigenvalue weighted by molar-refractivity contribution is 6.01. The number of carboxylic acid groups (broad SMARTS) is 1. The summed E-state index contributed by atoms with van der Waals surface area (Å²) in [6, 6.07) is 4.84. The van der Waals surface area contributed by atoms with Gasteiger partial charge in [-0.2, -0.15) is 5.10 Å². The lowest BCUT2D eigenvalue weighted by Crippen LogP contribution is -2.30. The number of aromatic nitrogens is 2. The number of fused-ring (bicyclic) bond motifs is 1. The maximum absolute atomic E-state index is 12.6. The second kappa shape index (κ2) is 7.89. The van der Waals surface area contributed by atoms with E-state index in [-0.39, 0.29) is 11.6 Å². The summed E-state index contributed by atoms with van der Waals surface area (Å²) in [6.45, 7) is 5.14. The summed E-state index contributed by atoms with van der Waals surface area (Å²) in [6.07, 6.45) is 8.05. The number of hydrogen-bond donors (Lipinski definition) is 2. The first kappa shape index (κ1) is 18.4. The quantitative estimate of drug-likeness (QED) is 0.827. The van der Waals surface area contributed by atoms with Gasteiger partial charge in [-0.05, 0) is 48.8 Å². The van der Waals surface area contributed by atoms with Gasteiger partial charge in [-0.25, -0.2) is 9.31 Å². The van der Waals surface area contributed by atoms with Crippen LogP contribution in [0.2, 0.25) is 0 Å². The molecule has 0 bridgehead atoms. The van der Waals surface area contributed by atoms with Crippen LogP contribution in [0, 0.1) is 17.8 Å². The molecule has 2 aromatic rings. The van der Waals surface area contributed by atoms with Gasteiger partial charge in [-0.15, -0.1) is 0 Å². The van der Waals surface area contributed by atoms with Gasteiger partial charge < -0.3 is 10.4 Å². The number of carbonyl (C=O) groups is 2. The molecule has 26 heavy (non-hydrogen) atoms. The van der Waals surface area contributed by atoms with Crippen molar-refractivity contribution in [1.82, 2.24) is 14.9 Å². The summed E-state index contributed by atoms with van der Waals surface area (Å²) < 4.78 is 1.44. The van der Waals surface area contributed by atoms with Crippen molar-refractivity contribution in [2.24, 2.45) is 17.8 Å². The summed E-state index contributed by atoms with van der Waals surface area (Å²) in [5, 5.41) is 16.1. The molecular weight excluding hydrogens is 330 g/mol. The molecule has 1 saturated carbocycles. The van der Waals surface area contributed by atoms with Gasteiger partial charge in [0.05, 0.1) is 11.1 Å². The van der Waals surface area contributed by atoms with Gasteiger partial charge in [0.25, 0.3) is 5.91 Å². The topological polar surface area (TPSA) is 83.7 Å². The van der Waals surface area contributed by atoms with Crippen molar-refractivity contribution in [2.45, 2.75) is 46.0 Å². The molecule has 0 radical (unpaired) electrons. The number of aromatic carboxylic acids is 1. The molecule has 0 aliphatic heterocycles. The van der Waals surface area contributed by atoms with E-state index in [9.17, 15) is 9.59 Å². The molecule has 1 aliphatic carbocycles. The molecule has 1 fully saturated rings. The average Bonchev–Trinajstić information content (AvgIpc) is 3.04. The maximum atomic E-state index is 12.6. The minimum atomic E-state index is -1.10. The molecule has 1 aliphatic rings. The maximum Gasteiger partial charge on any atom is 0.356 e. The van der Waals surface area contributed by atoms with Crippen LogP contribution in [0.3, 0.4) is 0 Å². The minimum absolute atomic E-state index is 0.0648. The predicted octanol–water partition coefficient (Wildman–Crippen LogP) is 3.61. The third-order valence-electron chi connectivity index (χ3n) is 5.36. The number of nitrogens with one attached hydrogen (secondary N) is 1. The molecule has 3 atom stereocenters. The molecule has 1 amide bonds. The van der Waals surface area contributed by atoms with Crippen molar-refractivity contribution in [2.75, 3.05) is 6.54 Å². The molecule has 0 spiro atoms. The molecule has 6 nitrogen and oxygen atoms in total. The van der Waals surface area contributed by atoms with E-state index >= 15 is 0 Å². The number of rotatable bonds is 6. The van der Waals surface area contributed by atoms with Gasteiger partial charge >= 0.3 is 5.97 Å². The number of amides is 1. The van der Waals surface area contributed by atoms with Crippen molar-refractivity contribution < 1.29 is 14.7 Å². The molecule has 2 heterocycles. The normalized spacial score (nSPS) is 21.5. The van der Waals surface area contributed by atoms with Gasteiger partial charge in [0.2, 0.25) is 0 Å². The van der Waals surface area contributed by atoms with Crippen molar-refractivity contribution >= 4 is 17.4 Å². The van der Waals surface area contributed by atoms with E-state index in [1.807, 2.05) is 0 Å². The molecule has 6 heteroatoms. The first-order valence-electron chi connectivity index (χ1n) is 9.44. The first-order valence-corrected chi connectivity index (χ1v) is 9.44. The fourth-order valence-corrected chi connectivity index (χ4v) is 4.10. The molecule has 0 aromatic carbocycles. The van der Waals surface area contributed by atoms with Crippen LogP contribution in [-0.4, -0.2) is 33.1 Å². The Morgan fingerprint density at radius 3 is 2.96 bits per heavy atom. The van der Waals surface area contributed by atoms with Crippen LogP contribution < -0.4 is 5.32 Å². The zero-order valence-corrected chi connectivity index (χ0v) is 15.4. The van der Waals surface area contributed by atoms with Crippen LogP contribution in [0.15, 0.2) is 24.4 Å². The van der Waals surface area contributed by atoms with Gasteiger partial charge in [0, 0.05) is 12.7 Å². The van der Waals surface area contributed by atoms with Crippen LogP contribution in [0.4, 0.5) is 0 Å². The highest BCUT2D eigenvalue weighted by Crippen LogP contribution is 2.32. The van der Waals surface area contributed by atoms with E-state index in [0.29, 0.717) is 23.5 Å². The van der Waals surface area contributed by atoms with E-state index in [2.05, 4.69) is 24.3 Å². The predicted molar refractivity (Wildman–Crippen MR) is 99.4 cm³/mol. The van der Waals surface area contributed by atoms with Gasteiger partial charge in [-0.3, -0.25) is 4.79 Å². The summed E-state index contributed by atoms with van der Waals surface area (Å²) in [7, 11) is 0. The lowest BCUT2D eigenvalue weighted by atomic mass is 9.78. The Labute approximate surface area is 153 Å². The van der Waals surface area contributed by atoms with Crippen molar-refractivity contribution in [3.8, 4) is 0 Å². The van der Waals surface area contributed by atoms with Crippen LogP contribution in [-0.2, 0) is 0 Å². The third kappa shape index (κ3) is 4.23. The number of carbonyl (C=O) groups excluding carboxylic acids is 1. The van der Waals surface area contributed by atoms with Crippen LogP contribution >= 0.6 is 0 Å². The average molecular weight is 357 g/mol. The molecule has 3 rings (SSSR count). The molecule has 2 aromatic heterocycles. The summed E-state index contributed by atoms with van der Waals surface area (Å²) in [4.78, 5) is 23.7. The molecule has 2 N–H and O–H groups in total. The lowest BCUT2D eigenvalue weighted by molar-refractivity contribution is 0.0689. The van der Waals surface area contributed by atoms with Crippen molar-refractivity contribution in [3.63, 3.8) is 0 Å². The third-order valence-corrected chi connectivity index (χ3v) is 5.36. The molecule has 0 saturated heterocycles. The van der Waals surface area contributed by atoms with Gasteiger partial charge in [0.15, 0.2) is 5.69 Å². The molecular formula is C20H27N3O3. The standard InChI is InChI=1S/C20H27N3O3/c1-13-5-3-6-15(9-13)10-14(2)12-21-19(24)16-7-4-8-23-18(16)11-17(22-23)20(25)26/h4,7-8,11,13-15H,3,5-6,9-10,12H2,1-2H3,(H,21,24)(H,25,26). The SMILES string of the molecule is CC1CCCC(CC(C)CNC(=O)c2cccn3nc(C(=O)O)cc23)C1. The van der Waals surface area contributed by atoms with E-state index < -0.39 is 5.97 Å². The number of pyridine rings is 1. The Kier molecular flexibility index (Phi) is 5.59. The zero-order chi connectivity index (χ0) is 18.7. The first-order chi connectivity index (χ1) is 12.4. The van der Waals surface area contributed by atoms with Crippen LogP contribution in [0.1, 0.15) is 66.8 Å². The van der Waals surface area contributed by atoms with Crippen molar-refractivity contribution in [1.29, 1.82) is 0 Å². The van der Waals surface area contributed by atoms with Gasteiger partial charge in [-0.1, -0.05) is 33.1 Å². The summed E-state index contributed by atoms with van der Waals surface area (Å²) in [5.41, 5.74) is 0.896. The second-order valence-corrected chi connectivity index (χ2v) is 7.78. The molecule has 140 valence electrons. The van der Waals surface area contributed by atoms with Crippen molar-refractivity contribution in [3.05, 3.63) is 35.7 Å². The Hall–Kier alpha value is -2.37. The molecule has 3 unspecified atom stereocenters. The number of nitrogens with zero attached hydrogens (tertiary/aromatic N) is 2. The van der Waals surface area contributed by atoms with E-state index in [1.54, 1.807) is 18.3 Å². The lowest BCUT2D eigenvalue weighted by Gasteiger charge is -2.28. The number of hydrogen-bond acceptors (Lipinski definition) is 3.